The Hall–Kier alpha value is -3.40. The van der Waals surface area contributed by atoms with Crippen LogP contribution in [0.1, 0.15) is 52.4 Å². The van der Waals surface area contributed by atoms with Gasteiger partial charge in [0.2, 0.25) is 0 Å². The van der Waals surface area contributed by atoms with Crippen molar-refractivity contribution >= 4 is 17.8 Å². The Morgan fingerprint density at radius 3 is 2.31 bits per heavy atom. The predicted octanol–water partition coefficient (Wildman–Crippen LogP) is 5.09. The smallest absolute Gasteiger partial charge is 0.271 e. The van der Waals surface area contributed by atoms with E-state index in [0.29, 0.717) is 11.5 Å². The molecular formula is C25H25N3O. The van der Waals surface area contributed by atoms with Crippen LogP contribution in [0, 0.1) is 0 Å². The van der Waals surface area contributed by atoms with Crippen LogP contribution in [0.3, 0.4) is 0 Å². The van der Waals surface area contributed by atoms with Crippen molar-refractivity contribution in [3.63, 3.8) is 0 Å². The third kappa shape index (κ3) is 4.37. The first-order valence-corrected chi connectivity index (χ1v) is 9.95. The maximum atomic E-state index is 12.5. The van der Waals surface area contributed by atoms with Gasteiger partial charge in [-0.1, -0.05) is 68.4 Å². The van der Waals surface area contributed by atoms with Gasteiger partial charge in [-0.15, -0.1) is 0 Å². The number of hydrazone groups is 1. The number of fused-ring (bicyclic) bond motifs is 1. The Balaban J connectivity index is 1.40. The van der Waals surface area contributed by atoms with Crippen LogP contribution in [-0.2, 0) is 13.1 Å². The Labute approximate surface area is 171 Å². The summed E-state index contributed by atoms with van der Waals surface area (Å²) in [7, 11) is 0. The molecule has 0 atom stereocenters. The average Bonchev–Trinajstić information content (AvgIpc) is 3.18. The zero-order chi connectivity index (χ0) is 20.2. The summed E-state index contributed by atoms with van der Waals surface area (Å²) in [5.41, 5.74) is 9.20. The Kier molecular flexibility index (Phi) is 5.43. The van der Waals surface area contributed by atoms with E-state index in [1.807, 2.05) is 36.4 Å². The number of amides is 1. The van der Waals surface area contributed by atoms with Crippen LogP contribution in [0.5, 0.6) is 0 Å². The number of carbonyl (C=O) groups is 1. The molecule has 0 saturated carbocycles. The Morgan fingerprint density at radius 1 is 0.966 bits per heavy atom. The zero-order valence-electron chi connectivity index (χ0n) is 16.8. The molecule has 1 aliphatic rings. The summed E-state index contributed by atoms with van der Waals surface area (Å²) in [5.74, 6) is 0.287. The molecule has 4 nitrogen and oxygen atoms in total. The number of nitrogens with zero attached hydrogens (tertiary/aromatic N) is 2. The van der Waals surface area contributed by atoms with Gasteiger partial charge in [-0.2, -0.15) is 5.10 Å². The van der Waals surface area contributed by atoms with E-state index in [9.17, 15) is 4.79 Å². The van der Waals surface area contributed by atoms with Crippen molar-refractivity contribution in [2.24, 2.45) is 5.10 Å². The van der Waals surface area contributed by atoms with Crippen molar-refractivity contribution in [2.75, 3.05) is 4.90 Å². The molecule has 1 N–H and O–H groups in total. The SMILES string of the molecule is CC(C)c1ccc(C=NNC(=O)c2cccc(N3Cc4ccccc4C3)c2)cc1. The van der Waals surface area contributed by atoms with Gasteiger partial charge in [-0.05, 0) is 46.4 Å². The van der Waals surface area contributed by atoms with E-state index >= 15 is 0 Å². The lowest BCUT2D eigenvalue weighted by atomic mass is 10.0. The summed E-state index contributed by atoms with van der Waals surface area (Å²) in [4.78, 5) is 14.8. The van der Waals surface area contributed by atoms with E-state index < -0.39 is 0 Å². The van der Waals surface area contributed by atoms with E-state index in [0.717, 1.165) is 24.3 Å². The van der Waals surface area contributed by atoms with Crippen molar-refractivity contribution in [3.05, 3.63) is 101 Å². The molecule has 0 unspecified atom stereocenters. The number of carbonyl (C=O) groups excluding carboxylic acids is 1. The summed E-state index contributed by atoms with van der Waals surface area (Å²) >= 11 is 0. The highest BCUT2D eigenvalue weighted by atomic mass is 16.2. The third-order valence-electron chi connectivity index (χ3n) is 5.30. The molecule has 0 bridgehead atoms. The van der Waals surface area contributed by atoms with Gasteiger partial charge in [-0.25, -0.2) is 5.43 Å². The molecule has 0 aromatic heterocycles. The van der Waals surface area contributed by atoms with Crippen LogP contribution in [0.15, 0.2) is 77.9 Å². The van der Waals surface area contributed by atoms with E-state index in [1.54, 1.807) is 6.21 Å². The van der Waals surface area contributed by atoms with Gasteiger partial charge in [-0.3, -0.25) is 4.79 Å². The molecule has 0 aliphatic carbocycles. The van der Waals surface area contributed by atoms with Crippen molar-refractivity contribution in [3.8, 4) is 0 Å². The third-order valence-corrected chi connectivity index (χ3v) is 5.30. The molecule has 0 radical (unpaired) electrons. The molecule has 1 amide bonds. The minimum Gasteiger partial charge on any atom is -0.363 e. The van der Waals surface area contributed by atoms with Gasteiger partial charge in [0.15, 0.2) is 0 Å². The largest absolute Gasteiger partial charge is 0.363 e. The second kappa shape index (κ2) is 8.31. The first kappa shape index (κ1) is 18.9. The van der Waals surface area contributed by atoms with Crippen LogP contribution in [0.2, 0.25) is 0 Å². The Bertz CT molecular complexity index is 1010. The minimum atomic E-state index is -0.210. The fraction of sp³-hybridized carbons (Fsp3) is 0.200. The lowest BCUT2D eigenvalue weighted by Gasteiger charge is -2.18. The summed E-state index contributed by atoms with van der Waals surface area (Å²) in [6, 6.07) is 24.4. The van der Waals surface area contributed by atoms with Gasteiger partial charge in [0, 0.05) is 24.3 Å². The van der Waals surface area contributed by atoms with Crippen LogP contribution < -0.4 is 10.3 Å². The lowest BCUT2D eigenvalue weighted by Crippen LogP contribution is -2.19. The fourth-order valence-electron chi connectivity index (χ4n) is 3.56. The first-order chi connectivity index (χ1) is 14.1. The Morgan fingerprint density at radius 2 is 1.66 bits per heavy atom. The van der Waals surface area contributed by atoms with E-state index in [1.165, 1.54) is 16.7 Å². The number of hydrogen-bond acceptors (Lipinski definition) is 3. The average molecular weight is 383 g/mol. The van der Waals surface area contributed by atoms with E-state index in [2.05, 4.69) is 65.7 Å². The maximum Gasteiger partial charge on any atom is 0.271 e. The number of rotatable bonds is 5. The molecule has 0 fully saturated rings. The molecular weight excluding hydrogens is 358 g/mol. The molecule has 0 saturated heterocycles. The standard InChI is InChI=1S/C25H25N3O/c1-18(2)20-12-10-19(11-13-20)15-26-27-25(29)21-8-5-9-24(14-21)28-16-22-6-3-4-7-23(22)17-28/h3-15,18H,16-17H2,1-2H3,(H,27,29). The highest BCUT2D eigenvalue weighted by molar-refractivity contribution is 5.95. The normalized spacial score (nSPS) is 13.1. The van der Waals surface area contributed by atoms with Crippen LogP contribution >= 0.6 is 0 Å². The van der Waals surface area contributed by atoms with Gasteiger partial charge < -0.3 is 4.90 Å². The second-order valence-electron chi connectivity index (χ2n) is 7.70. The minimum absolute atomic E-state index is 0.210. The number of nitrogens with one attached hydrogen (secondary N) is 1. The van der Waals surface area contributed by atoms with Crippen molar-refractivity contribution in [1.82, 2.24) is 5.43 Å². The van der Waals surface area contributed by atoms with Gasteiger partial charge in [0.1, 0.15) is 0 Å². The lowest BCUT2D eigenvalue weighted by molar-refractivity contribution is 0.0955. The number of hydrogen-bond donors (Lipinski definition) is 1. The second-order valence-corrected chi connectivity index (χ2v) is 7.70. The van der Waals surface area contributed by atoms with Crippen LogP contribution in [0.25, 0.3) is 0 Å². The van der Waals surface area contributed by atoms with Crippen molar-refractivity contribution in [2.45, 2.75) is 32.9 Å². The molecule has 4 heteroatoms. The number of benzene rings is 3. The van der Waals surface area contributed by atoms with E-state index in [-0.39, 0.29) is 5.91 Å². The predicted molar refractivity (Wildman–Crippen MR) is 118 cm³/mol. The monoisotopic (exact) mass is 383 g/mol. The van der Waals surface area contributed by atoms with E-state index in [4.69, 9.17) is 0 Å². The summed E-state index contributed by atoms with van der Waals surface area (Å²) < 4.78 is 0. The first-order valence-electron chi connectivity index (χ1n) is 9.95. The summed E-state index contributed by atoms with van der Waals surface area (Å²) in [5, 5.41) is 4.11. The summed E-state index contributed by atoms with van der Waals surface area (Å²) in [6.45, 7) is 6.06. The highest BCUT2D eigenvalue weighted by Gasteiger charge is 2.19. The molecule has 146 valence electrons. The molecule has 1 aliphatic heterocycles. The maximum absolute atomic E-state index is 12.5. The molecule has 3 aromatic rings. The van der Waals surface area contributed by atoms with Gasteiger partial charge >= 0.3 is 0 Å². The topological polar surface area (TPSA) is 44.7 Å². The van der Waals surface area contributed by atoms with Gasteiger partial charge in [0.05, 0.1) is 6.21 Å². The molecule has 3 aromatic carbocycles. The van der Waals surface area contributed by atoms with Gasteiger partial charge in [0.25, 0.3) is 5.91 Å². The van der Waals surface area contributed by atoms with Crippen molar-refractivity contribution < 1.29 is 4.79 Å². The van der Waals surface area contributed by atoms with Crippen molar-refractivity contribution in [1.29, 1.82) is 0 Å². The fourth-order valence-corrected chi connectivity index (χ4v) is 3.56. The summed E-state index contributed by atoms with van der Waals surface area (Å²) in [6.07, 6.45) is 1.67. The quantitative estimate of drug-likeness (QED) is 0.492. The number of anilines is 1. The van der Waals surface area contributed by atoms with Crippen LogP contribution in [0.4, 0.5) is 5.69 Å². The zero-order valence-corrected chi connectivity index (χ0v) is 16.8. The molecule has 1 heterocycles. The molecule has 0 spiro atoms. The molecule has 29 heavy (non-hydrogen) atoms. The highest BCUT2D eigenvalue weighted by Crippen LogP contribution is 2.28. The van der Waals surface area contributed by atoms with Crippen LogP contribution in [-0.4, -0.2) is 12.1 Å². The molecule has 4 rings (SSSR count).